The molecule has 0 aliphatic carbocycles. The lowest BCUT2D eigenvalue weighted by molar-refractivity contribution is 0.0601. The highest BCUT2D eigenvalue weighted by molar-refractivity contribution is 5.97. The lowest BCUT2D eigenvalue weighted by Gasteiger charge is -2.36. The molecule has 6 nitrogen and oxygen atoms in total. The first-order valence-electron chi connectivity index (χ1n) is 9.35. The van der Waals surface area contributed by atoms with E-state index in [1.165, 1.54) is 6.42 Å². The molecule has 3 aromatic rings. The van der Waals surface area contributed by atoms with Crippen LogP contribution in [0, 0.1) is 6.92 Å². The molecule has 26 heavy (non-hydrogen) atoms. The van der Waals surface area contributed by atoms with E-state index in [0.29, 0.717) is 0 Å². The Hall–Kier alpha value is -2.63. The molecule has 1 fully saturated rings. The second-order valence-corrected chi connectivity index (χ2v) is 7.20. The van der Waals surface area contributed by atoms with Gasteiger partial charge in [-0.3, -0.25) is 4.79 Å². The third-order valence-electron chi connectivity index (χ3n) is 5.36. The van der Waals surface area contributed by atoms with Crippen molar-refractivity contribution in [3.05, 3.63) is 47.8 Å². The molecule has 1 aliphatic heterocycles. The quantitative estimate of drug-likeness (QED) is 0.785. The van der Waals surface area contributed by atoms with Crippen LogP contribution in [0.15, 0.2) is 30.6 Å². The van der Waals surface area contributed by atoms with Gasteiger partial charge in [0, 0.05) is 44.0 Å². The van der Waals surface area contributed by atoms with E-state index in [1.54, 1.807) is 0 Å². The molecule has 136 valence electrons. The molecule has 1 atom stereocenters. The molecular formula is C20H25N5O. The van der Waals surface area contributed by atoms with Crippen LogP contribution in [0.5, 0.6) is 0 Å². The average molecular weight is 351 g/mol. The SMILES string of the molecule is Cc1nc2ccc(C(=O)N3CCCC[C@H]3CCc3nccn3C)cc2[nH]1. The molecule has 1 N–H and O–H groups in total. The molecule has 6 heteroatoms. The molecule has 0 bridgehead atoms. The molecule has 0 spiro atoms. The van der Waals surface area contributed by atoms with Gasteiger partial charge in [-0.05, 0) is 50.8 Å². The fourth-order valence-corrected chi connectivity index (χ4v) is 3.94. The van der Waals surface area contributed by atoms with Crippen molar-refractivity contribution in [2.24, 2.45) is 7.05 Å². The normalized spacial score (nSPS) is 17.8. The number of carbonyl (C=O) groups excluding carboxylic acids is 1. The van der Waals surface area contributed by atoms with E-state index in [-0.39, 0.29) is 11.9 Å². The van der Waals surface area contributed by atoms with E-state index in [9.17, 15) is 4.79 Å². The van der Waals surface area contributed by atoms with Crippen LogP contribution in [0.4, 0.5) is 0 Å². The van der Waals surface area contributed by atoms with Crippen molar-refractivity contribution in [3.8, 4) is 0 Å². The highest BCUT2D eigenvalue weighted by Crippen LogP contribution is 2.24. The lowest BCUT2D eigenvalue weighted by atomic mass is 9.96. The first-order chi connectivity index (χ1) is 12.6. The second kappa shape index (κ2) is 6.94. The Labute approximate surface area is 153 Å². The number of carbonyl (C=O) groups is 1. The number of hydrogen-bond acceptors (Lipinski definition) is 3. The zero-order valence-corrected chi connectivity index (χ0v) is 15.4. The number of H-pyrrole nitrogens is 1. The molecule has 0 radical (unpaired) electrons. The van der Waals surface area contributed by atoms with Crippen molar-refractivity contribution >= 4 is 16.9 Å². The fraction of sp³-hybridized carbons (Fsp3) is 0.450. The Morgan fingerprint density at radius 2 is 2.23 bits per heavy atom. The summed E-state index contributed by atoms with van der Waals surface area (Å²) in [6.07, 6.45) is 9.01. The van der Waals surface area contributed by atoms with Crippen LogP contribution in [0.25, 0.3) is 11.0 Å². The van der Waals surface area contributed by atoms with Gasteiger partial charge in [-0.2, -0.15) is 0 Å². The molecule has 2 aromatic heterocycles. The van der Waals surface area contributed by atoms with Crippen molar-refractivity contribution in [3.63, 3.8) is 0 Å². The smallest absolute Gasteiger partial charge is 0.254 e. The van der Waals surface area contributed by atoms with E-state index in [1.807, 2.05) is 44.6 Å². The van der Waals surface area contributed by atoms with E-state index in [4.69, 9.17) is 0 Å². The van der Waals surface area contributed by atoms with E-state index in [0.717, 1.165) is 60.5 Å². The Kier molecular flexibility index (Phi) is 4.49. The van der Waals surface area contributed by atoms with Crippen molar-refractivity contribution in [2.75, 3.05) is 6.54 Å². The number of fused-ring (bicyclic) bond motifs is 1. The summed E-state index contributed by atoms with van der Waals surface area (Å²) in [6, 6.07) is 6.04. The third-order valence-corrected chi connectivity index (χ3v) is 5.36. The first-order valence-corrected chi connectivity index (χ1v) is 9.35. The Morgan fingerprint density at radius 3 is 3.04 bits per heavy atom. The van der Waals surface area contributed by atoms with Crippen LogP contribution < -0.4 is 0 Å². The molecule has 1 amide bonds. The van der Waals surface area contributed by atoms with Crippen molar-refractivity contribution < 1.29 is 4.79 Å². The van der Waals surface area contributed by atoms with Crippen LogP contribution in [-0.2, 0) is 13.5 Å². The van der Waals surface area contributed by atoms with Gasteiger partial charge < -0.3 is 14.5 Å². The van der Waals surface area contributed by atoms with Gasteiger partial charge in [0.15, 0.2) is 0 Å². The molecule has 0 unspecified atom stereocenters. The topological polar surface area (TPSA) is 66.8 Å². The fourth-order valence-electron chi connectivity index (χ4n) is 3.94. The van der Waals surface area contributed by atoms with Gasteiger partial charge in [-0.1, -0.05) is 0 Å². The van der Waals surface area contributed by atoms with Crippen LogP contribution in [0.2, 0.25) is 0 Å². The monoisotopic (exact) mass is 351 g/mol. The van der Waals surface area contributed by atoms with Gasteiger partial charge in [-0.15, -0.1) is 0 Å². The number of aryl methyl sites for hydroxylation is 3. The predicted octanol–water partition coefficient (Wildman–Crippen LogP) is 3.23. The number of imidazole rings is 2. The van der Waals surface area contributed by atoms with Crippen LogP contribution in [0.3, 0.4) is 0 Å². The van der Waals surface area contributed by atoms with E-state index < -0.39 is 0 Å². The van der Waals surface area contributed by atoms with Crippen LogP contribution >= 0.6 is 0 Å². The van der Waals surface area contributed by atoms with Crippen molar-refractivity contribution in [1.82, 2.24) is 24.4 Å². The van der Waals surface area contributed by atoms with Crippen LogP contribution in [-0.4, -0.2) is 42.9 Å². The number of likely N-dealkylation sites (tertiary alicyclic amines) is 1. The summed E-state index contributed by atoms with van der Waals surface area (Å²) in [5.41, 5.74) is 2.57. The molecule has 3 heterocycles. The number of rotatable bonds is 4. The van der Waals surface area contributed by atoms with E-state index >= 15 is 0 Å². The summed E-state index contributed by atoms with van der Waals surface area (Å²) < 4.78 is 2.06. The number of hydrogen-bond donors (Lipinski definition) is 1. The van der Waals surface area contributed by atoms with Crippen LogP contribution in [0.1, 0.15) is 47.7 Å². The van der Waals surface area contributed by atoms with Gasteiger partial charge in [0.2, 0.25) is 0 Å². The highest BCUT2D eigenvalue weighted by Gasteiger charge is 2.27. The summed E-state index contributed by atoms with van der Waals surface area (Å²) >= 11 is 0. The van der Waals surface area contributed by atoms with Gasteiger partial charge in [-0.25, -0.2) is 9.97 Å². The minimum Gasteiger partial charge on any atom is -0.342 e. The molecule has 0 saturated carbocycles. The number of piperidine rings is 1. The molecule has 1 aromatic carbocycles. The maximum Gasteiger partial charge on any atom is 0.254 e. The number of nitrogens with one attached hydrogen (secondary N) is 1. The average Bonchev–Trinajstić information content (AvgIpc) is 3.23. The Balaban J connectivity index is 1.52. The third kappa shape index (κ3) is 3.23. The Bertz CT molecular complexity index is 925. The van der Waals surface area contributed by atoms with Crippen molar-refractivity contribution in [2.45, 2.75) is 45.1 Å². The lowest BCUT2D eigenvalue weighted by Crippen LogP contribution is -2.44. The van der Waals surface area contributed by atoms with Gasteiger partial charge in [0.25, 0.3) is 5.91 Å². The summed E-state index contributed by atoms with van der Waals surface area (Å²) in [7, 11) is 2.02. The Morgan fingerprint density at radius 1 is 1.35 bits per heavy atom. The number of nitrogens with zero attached hydrogens (tertiary/aromatic N) is 4. The standard InChI is InChI=1S/C20H25N5O/c1-14-22-17-8-6-15(13-18(17)23-14)20(26)25-11-4-3-5-16(25)7-9-19-21-10-12-24(19)2/h6,8,10,12-13,16H,3-5,7,9,11H2,1-2H3,(H,22,23)/t16-/m0/s1. The molecular weight excluding hydrogens is 326 g/mol. The summed E-state index contributed by atoms with van der Waals surface area (Å²) in [5.74, 6) is 2.08. The van der Waals surface area contributed by atoms with Gasteiger partial charge in [0.05, 0.1) is 11.0 Å². The van der Waals surface area contributed by atoms with Crippen molar-refractivity contribution in [1.29, 1.82) is 0 Å². The zero-order valence-electron chi connectivity index (χ0n) is 15.4. The second-order valence-electron chi connectivity index (χ2n) is 7.20. The maximum atomic E-state index is 13.2. The number of aromatic nitrogens is 4. The highest BCUT2D eigenvalue weighted by atomic mass is 16.2. The van der Waals surface area contributed by atoms with Gasteiger partial charge >= 0.3 is 0 Å². The van der Waals surface area contributed by atoms with E-state index in [2.05, 4.69) is 24.4 Å². The first kappa shape index (κ1) is 16.8. The summed E-state index contributed by atoms with van der Waals surface area (Å²) in [5, 5.41) is 0. The van der Waals surface area contributed by atoms with Gasteiger partial charge in [0.1, 0.15) is 11.6 Å². The summed E-state index contributed by atoms with van der Waals surface area (Å²) in [4.78, 5) is 27.3. The predicted molar refractivity (Wildman–Crippen MR) is 101 cm³/mol. The summed E-state index contributed by atoms with van der Waals surface area (Å²) in [6.45, 7) is 2.77. The maximum absolute atomic E-state index is 13.2. The minimum absolute atomic E-state index is 0.128. The molecule has 1 saturated heterocycles. The molecule has 1 aliphatic rings. The molecule has 4 rings (SSSR count). The number of benzene rings is 1. The zero-order chi connectivity index (χ0) is 18.1. The minimum atomic E-state index is 0.128. The number of aromatic amines is 1. The number of amides is 1. The largest absolute Gasteiger partial charge is 0.342 e.